The van der Waals surface area contributed by atoms with Gasteiger partial charge in [0.25, 0.3) is 0 Å². The Balaban J connectivity index is 1.13. The molecule has 1 aliphatic heterocycles. The van der Waals surface area contributed by atoms with Crippen LogP contribution in [0.5, 0.6) is 0 Å². The maximum absolute atomic E-state index is 12.3. The predicted molar refractivity (Wildman–Crippen MR) is 128 cm³/mol. The monoisotopic (exact) mass is 413 g/mol. The van der Waals surface area contributed by atoms with Crippen LogP contribution < -0.4 is 10.2 Å². The van der Waals surface area contributed by atoms with Crippen LogP contribution in [0.1, 0.15) is 12.0 Å². The summed E-state index contributed by atoms with van der Waals surface area (Å²) in [5.41, 5.74) is 4.74. The largest absolute Gasteiger partial charge is 0.369 e. The average molecular weight is 414 g/mol. The first-order valence-electron chi connectivity index (χ1n) is 11.2. The Kier molecular flexibility index (Phi) is 7.35. The molecule has 4 heteroatoms. The van der Waals surface area contributed by atoms with E-state index in [4.69, 9.17) is 0 Å². The van der Waals surface area contributed by atoms with Crippen molar-refractivity contribution in [3.8, 4) is 11.1 Å². The highest BCUT2D eigenvalue weighted by atomic mass is 16.1. The van der Waals surface area contributed by atoms with E-state index in [0.29, 0.717) is 6.42 Å². The van der Waals surface area contributed by atoms with E-state index < -0.39 is 0 Å². The van der Waals surface area contributed by atoms with Gasteiger partial charge in [0, 0.05) is 38.4 Å². The van der Waals surface area contributed by atoms with Gasteiger partial charge in [-0.3, -0.25) is 9.69 Å². The number of amides is 1. The van der Waals surface area contributed by atoms with Crippen molar-refractivity contribution in [1.29, 1.82) is 0 Å². The topological polar surface area (TPSA) is 35.6 Å². The summed E-state index contributed by atoms with van der Waals surface area (Å²) in [6.07, 6.45) is 1.43. The van der Waals surface area contributed by atoms with Crippen molar-refractivity contribution in [3.63, 3.8) is 0 Å². The van der Waals surface area contributed by atoms with Crippen LogP contribution in [0.3, 0.4) is 0 Å². The number of nitrogens with one attached hydrogen (secondary N) is 1. The lowest BCUT2D eigenvalue weighted by Crippen LogP contribution is -2.47. The lowest BCUT2D eigenvalue weighted by molar-refractivity contribution is -0.120. The van der Waals surface area contributed by atoms with Gasteiger partial charge in [0.05, 0.1) is 6.42 Å². The van der Waals surface area contributed by atoms with Gasteiger partial charge in [0.1, 0.15) is 0 Å². The molecule has 0 bridgehead atoms. The minimum atomic E-state index is 0.0985. The number of piperazine rings is 1. The first kappa shape index (κ1) is 21.1. The third-order valence-electron chi connectivity index (χ3n) is 5.89. The zero-order valence-corrected chi connectivity index (χ0v) is 18.0. The minimum absolute atomic E-state index is 0.0985. The van der Waals surface area contributed by atoms with Gasteiger partial charge in [-0.1, -0.05) is 72.8 Å². The van der Waals surface area contributed by atoms with Crippen LogP contribution in [0.25, 0.3) is 11.1 Å². The molecule has 1 heterocycles. The van der Waals surface area contributed by atoms with E-state index in [2.05, 4.69) is 69.7 Å². The van der Waals surface area contributed by atoms with E-state index in [1.807, 2.05) is 30.3 Å². The summed E-state index contributed by atoms with van der Waals surface area (Å²) in [6, 6.07) is 29.2. The molecule has 0 radical (unpaired) electrons. The van der Waals surface area contributed by atoms with E-state index in [0.717, 1.165) is 51.3 Å². The number of benzene rings is 3. The van der Waals surface area contributed by atoms with E-state index >= 15 is 0 Å². The number of carbonyl (C=O) groups is 1. The number of hydrogen-bond acceptors (Lipinski definition) is 3. The van der Waals surface area contributed by atoms with Crippen molar-refractivity contribution in [2.75, 3.05) is 44.2 Å². The number of rotatable bonds is 8. The summed E-state index contributed by atoms with van der Waals surface area (Å²) in [6.45, 7) is 6.06. The van der Waals surface area contributed by atoms with Crippen molar-refractivity contribution < 1.29 is 4.79 Å². The summed E-state index contributed by atoms with van der Waals surface area (Å²) in [7, 11) is 0. The van der Waals surface area contributed by atoms with Crippen molar-refractivity contribution >= 4 is 11.6 Å². The summed E-state index contributed by atoms with van der Waals surface area (Å²) < 4.78 is 0. The zero-order chi connectivity index (χ0) is 21.3. The summed E-state index contributed by atoms with van der Waals surface area (Å²) in [5.74, 6) is 0.0985. The van der Waals surface area contributed by atoms with Gasteiger partial charge >= 0.3 is 0 Å². The highest BCUT2D eigenvalue weighted by Gasteiger charge is 2.16. The van der Waals surface area contributed by atoms with E-state index in [9.17, 15) is 4.79 Å². The Bertz CT molecular complexity index is 933. The van der Waals surface area contributed by atoms with Crippen LogP contribution in [-0.4, -0.2) is 50.1 Å². The van der Waals surface area contributed by atoms with Crippen LogP contribution in [0.2, 0.25) is 0 Å². The molecule has 0 spiro atoms. The molecule has 1 amide bonds. The number of para-hydroxylation sites is 1. The van der Waals surface area contributed by atoms with Gasteiger partial charge in [-0.2, -0.15) is 0 Å². The van der Waals surface area contributed by atoms with E-state index in [1.165, 1.54) is 16.8 Å². The third kappa shape index (κ3) is 6.19. The fourth-order valence-corrected chi connectivity index (χ4v) is 4.09. The van der Waals surface area contributed by atoms with Crippen LogP contribution in [0, 0.1) is 0 Å². The number of hydrogen-bond donors (Lipinski definition) is 1. The van der Waals surface area contributed by atoms with Gasteiger partial charge < -0.3 is 10.2 Å². The summed E-state index contributed by atoms with van der Waals surface area (Å²) >= 11 is 0. The highest BCUT2D eigenvalue weighted by molar-refractivity contribution is 5.78. The number of nitrogens with zero attached hydrogens (tertiary/aromatic N) is 2. The maximum atomic E-state index is 12.3. The standard InChI is InChI=1S/C27H31N3O/c31-27(22-23-12-14-25(15-13-23)24-8-3-1-4-9-24)28-16-7-17-29-18-20-30(21-19-29)26-10-5-2-6-11-26/h1-6,8-15H,7,16-22H2,(H,28,31). The number of anilines is 1. The molecular weight excluding hydrogens is 382 g/mol. The molecule has 4 nitrogen and oxygen atoms in total. The molecule has 3 aromatic rings. The third-order valence-corrected chi connectivity index (χ3v) is 5.89. The molecule has 1 aliphatic rings. The van der Waals surface area contributed by atoms with Crippen LogP contribution in [0.4, 0.5) is 5.69 Å². The second-order valence-corrected chi connectivity index (χ2v) is 8.11. The second kappa shape index (κ2) is 10.8. The molecule has 3 aromatic carbocycles. The molecule has 31 heavy (non-hydrogen) atoms. The fraction of sp³-hybridized carbons (Fsp3) is 0.296. The molecule has 0 unspecified atom stereocenters. The average Bonchev–Trinajstić information content (AvgIpc) is 2.84. The molecule has 0 atom stereocenters. The molecule has 1 fully saturated rings. The lowest BCUT2D eigenvalue weighted by Gasteiger charge is -2.36. The van der Waals surface area contributed by atoms with Crippen LogP contribution >= 0.6 is 0 Å². The predicted octanol–water partition coefficient (Wildman–Crippen LogP) is 4.22. The minimum Gasteiger partial charge on any atom is -0.369 e. The molecule has 0 aliphatic carbocycles. The van der Waals surface area contributed by atoms with E-state index in [1.54, 1.807) is 0 Å². The molecule has 1 saturated heterocycles. The van der Waals surface area contributed by atoms with E-state index in [-0.39, 0.29) is 5.91 Å². The van der Waals surface area contributed by atoms with Gasteiger partial charge in [-0.25, -0.2) is 0 Å². The van der Waals surface area contributed by atoms with Crippen molar-refractivity contribution in [2.24, 2.45) is 0 Å². The molecule has 1 N–H and O–H groups in total. The zero-order valence-electron chi connectivity index (χ0n) is 18.0. The molecule has 4 rings (SSSR count). The molecule has 0 saturated carbocycles. The lowest BCUT2D eigenvalue weighted by atomic mass is 10.0. The molecule has 160 valence electrons. The Morgan fingerprint density at radius 2 is 1.35 bits per heavy atom. The quantitative estimate of drug-likeness (QED) is 0.562. The fourth-order valence-electron chi connectivity index (χ4n) is 4.09. The van der Waals surface area contributed by atoms with Crippen molar-refractivity contribution in [1.82, 2.24) is 10.2 Å². The number of carbonyl (C=O) groups excluding carboxylic acids is 1. The second-order valence-electron chi connectivity index (χ2n) is 8.11. The normalized spacial score (nSPS) is 14.4. The maximum Gasteiger partial charge on any atom is 0.224 e. The Labute approximate surface area is 185 Å². The van der Waals surface area contributed by atoms with Crippen molar-refractivity contribution in [3.05, 3.63) is 90.5 Å². The van der Waals surface area contributed by atoms with Crippen LogP contribution in [0.15, 0.2) is 84.9 Å². The van der Waals surface area contributed by atoms with Crippen LogP contribution in [-0.2, 0) is 11.2 Å². The smallest absolute Gasteiger partial charge is 0.224 e. The van der Waals surface area contributed by atoms with Crippen molar-refractivity contribution in [2.45, 2.75) is 12.8 Å². The first-order chi connectivity index (χ1) is 15.3. The van der Waals surface area contributed by atoms with Gasteiger partial charge in [0.2, 0.25) is 5.91 Å². The Morgan fingerprint density at radius 3 is 2.03 bits per heavy atom. The molecular formula is C27H31N3O. The Morgan fingerprint density at radius 1 is 0.742 bits per heavy atom. The van der Waals surface area contributed by atoms with Gasteiger partial charge in [0.15, 0.2) is 0 Å². The SMILES string of the molecule is O=C(Cc1ccc(-c2ccccc2)cc1)NCCCN1CCN(c2ccccc2)CC1. The summed E-state index contributed by atoms with van der Waals surface area (Å²) in [5, 5.41) is 3.08. The molecule has 0 aromatic heterocycles. The first-order valence-corrected chi connectivity index (χ1v) is 11.2. The van der Waals surface area contributed by atoms with Gasteiger partial charge in [-0.05, 0) is 41.8 Å². The highest BCUT2D eigenvalue weighted by Crippen LogP contribution is 2.19. The summed E-state index contributed by atoms with van der Waals surface area (Å²) in [4.78, 5) is 17.2. The Hall–Kier alpha value is -3.11. The van der Waals surface area contributed by atoms with Gasteiger partial charge in [-0.15, -0.1) is 0 Å².